The minimum atomic E-state index is -4.59. The third kappa shape index (κ3) is 8.34. The Morgan fingerprint density at radius 2 is 1.76 bits per heavy atom. The number of amides is 1. The highest BCUT2D eigenvalue weighted by Crippen LogP contribution is 2.55. The number of carbonyl (C=O) groups excluding carboxylic acids is 1. The van der Waals surface area contributed by atoms with E-state index in [4.69, 9.17) is 19.2 Å². The first kappa shape index (κ1) is 44.7. The van der Waals surface area contributed by atoms with Crippen LogP contribution >= 0.6 is 0 Å². The number of anilines is 4. The summed E-state index contributed by atoms with van der Waals surface area (Å²) in [5, 5.41) is 16.3. The maximum absolute atomic E-state index is 14.6. The van der Waals surface area contributed by atoms with E-state index in [9.17, 15) is 23.3 Å². The number of hydrogen-bond donors (Lipinski definition) is 3. The Morgan fingerprint density at radius 3 is 2.56 bits per heavy atom. The molecule has 7 heterocycles. The number of nitro groups is 1. The van der Waals surface area contributed by atoms with Crippen molar-refractivity contribution in [3.05, 3.63) is 106 Å². The number of nitrogens with zero attached hydrogens (tertiary/aromatic N) is 5. The van der Waals surface area contributed by atoms with Crippen molar-refractivity contribution in [2.75, 3.05) is 67.7 Å². The van der Waals surface area contributed by atoms with Crippen LogP contribution in [0.25, 0.3) is 11.0 Å². The third-order valence-corrected chi connectivity index (χ3v) is 17.0. The van der Waals surface area contributed by atoms with Crippen LogP contribution in [0, 0.1) is 21.4 Å². The van der Waals surface area contributed by atoms with Gasteiger partial charge in [0.1, 0.15) is 23.1 Å². The van der Waals surface area contributed by atoms with Crippen molar-refractivity contribution in [1.82, 2.24) is 19.6 Å². The Kier molecular flexibility index (Phi) is 11.8. The van der Waals surface area contributed by atoms with Gasteiger partial charge < -0.3 is 34.3 Å². The summed E-state index contributed by atoms with van der Waals surface area (Å²) in [7, 11) is -4.59. The number of pyridine rings is 1. The van der Waals surface area contributed by atoms with E-state index in [1.54, 1.807) is 6.07 Å². The number of likely N-dealkylation sites (tertiary alicyclic amines) is 1. The minimum Gasteiger partial charge on any atom is -0.468 e. The molecule has 3 aromatic carbocycles. The highest BCUT2D eigenvalue weighted by Gasteiger charge is 2.50. The number of fused-ring (bicyclic) bond motifs is 3. The summed E-state index contributed by atoms with van der Waals surface area (Å²) in [5.41, 5.74) is 5.88. The van der Waals surface area contributed by atoms with Gasteiger partial charge >= 0.3 is 0 Å². The van der Waals surface area contributed by atoms with E-state index in [1.807, 2.05) is 35.4 Å². The molecule has 1 spiro atoms. The number of hydrogen-bond acceptors (Lipinski definition) is 13. The normalized spacial score (nSPS) is 23.1. The number of rotatable bonds is 12. The Balaban J connectivity index is 0.865. The zero-order chi connectivity index (χ0) is 46.7. The van der Waals surface area contributed by atoms with Gasteiger partial charge in [-0.15, -0.1) is 0 Å². The monoisotopic (exact) mass is 944 g/mol. The van der Waals surface area contributed by atoms with E-state index in [0.29, 0.717) is 79.3 Å². The Labute approximate surface area is 396 Å². The van der Waals surface area contributed by atoms with Gasteiger partial charge in [0.2, 0.25) is 5.88 Å². The molecule has 0 unspecified atom stereocenters. The fraction of sp³-hybridized carbons (Fsp3) is 0.490. The molecule has 4 saturated heterocycles. The lowest BCUT2D eigenvalue weighted by Gasteiger charge is -2.56. The van der Waals surface area contributed by atoms with Crippen LogP contribution in [-0.4, -0.2) is 105 Å². The van der Waals surface area contributed by atoms with E-state index >= 15 is 0 Å². The smallest absolute Gasteiger partial charge is 0.293 e. The fourth-order valence-electron chi connectivity index (χ4n) is 12.0. The highest BCUT2D eigenvalue weighted by molar-refractivity contribution is 7.90. The Bertz CT molecular complexity index is 2830. The predicted octanol–water partition coefficient (Wildman–Crippen LogP) is 8.44. The SMILES string of the molecule is CC(C)c1ccccc1[C@@H]1CCCN1C1CC2(CCN(c3ccc(C(=O)NS(=O)(=O)c4ccc(NCC5CCOCC5)c([N+](=O)[O-])c4)c(N4c5cc6cc[nH]c6nc5O[C@H]5COC[C@H]54)c3)CC2)C1. The molecular weight excluding hydrogens is 885 g/mol. The molecule has 3 N–H and O–H groups in total. The van der Waals surface area contributed by atoms with Crippen LogP contribution in [0.5, 0.6) is 5.88 Å². The van der Waals surface area contributed by atoms with Gasteiger partial charge in [0.15, 0.2) is 0 Å². The molecule has 17 heteroatoms. The van der Waals surface area contributed by atoms with Gasteiger partial charge in [0, 0.05) is 68.3 Å². The third-order valence-electron chi connectivity index (χ3n) is 15.7. The fourth-order valence-corrected chi connectivity index (χ4v) is 13.0. The number of aromatic nitrogens is 2. The quantitative estimate of drug-likeness (QED) is 0.0801. The molecule has 5 fully saturated rings. The second kappa shape index (κ2) is 18.0. The van der Waals surface area contributed by atoms with Gasteiger partial charge in [0.25, 0.3) is 21.6 Å². The molecule has 5 aromatic rings. The summed E-state index contributed by atoms with van der Waals surface area (Å²) in [4.78, 5) is 41.0. The number of benzene rings is 3. The molecule has 16 nitrogen and oxygen atoms in total. The Morgan fingerprint density at radius 1 is 0.956 bits per heavy atom. The minimum absolute atomic E-state index is 0.115. The first-order valence-electron chi connectivity index (χ1n) is 24.4. The number of carbonyl (C=O) groups is 1. The van der Waals surface area contributed by atoms with E-state index in [-0.39, 0.29) is 23.2 Å². The lowest BCUT2D eigenvalue weighted by Crippen LogP contribution is -2.55. The maximum atomic E-state index is 14.6. The molecule has 1 saturated carbocycles. The van der Waals surface area contributed by atoms with Crippen molar-refractivity contribution in [1.29, 1.82) is 0 Å². The molecule has 0 bridgehead atoms. The van der Waals surface area contributed by atoms with Gasteiger partial charge in [-0.2, -0.15) is 4.98 Å². The molecule has 11 rings (SSSR count). The first-order chi connectivity index (χ1) is 32.9. The van der Waals surface area contributed by atoms with Crippen LogP contribution in [0.2, 0.25) is 0 Å². The average Bonchev–Trinajstić information content (AvgIpc) is 4.13. The van der Waals surface area contributed by atoms with Crippen LogP contribution in [-0.2, 0) is 19.5 Å². The average molecular weight is 945 g/mol. The Hall–Kier alpha value is -5.75. The summed E-state index contributed by atoms with van der Waals surface area (Å²) in [6.07, 6.45) is 10.0. The number of piperidine rings is 1. The lowest BCUT2D eigenvalue weighted by atomic mass is 9.59. The largest absolute Gasteiger partial charge is 0.468 e. The predicted molar refractivity (Wildman–Crippen MR) is 260 cm³/mol. The van der Waals surface area contributed by atoms with Crippen LogP contribution in [0.15, 0.2) is 83.9 Å². The van der Waals surface area contributed by atoms with Crippen LogP contribution in [0.3, 0.4) is 0 Å². The summed E-state index contributed by atoms with van der Waals surface area (Å²) >= 11 is 0. The zero-order valence-electron chi connectivity index (χ0n) is 38.7. The summed E-state index contributed by atoms with van der Waals surface area (Å²) < 4.78 is 48.3. The molecule has 3 atom stereocenters. The molecule has 1 aliphatic carbocycles. The second-order valence-corrected chi connectivity index (χ2v) is 21.8. The summed E-state index contributed by atoms with van der Waals surface area (Å²) in [6, 6.07) is 22.9. The van der Waals surface area contributed by atoms with Crippen molar-refractivity contribution in [3.8, 4) is 5.88 Å². The van der Waals surface area contributed by atoms with E-state index in [1.165, 1.54) is 48.9 Å². The number of nitrogens with one attached hydrogen (secondary N) is 3. The van der Waals surface area contributed by atoms with E-state index in [2.05, 4.69) is 62.9 Å². The first-order valence-corrected chi connectivity index (χ1v) is 25.8. The van der Waals surface area contributed by atoms with E-state index < -0.39 is 37.5 Å². The van der Waals surface area contributed by atoms with Gasteiger partial charge in [-0.1, -0.05) is 38.1 Å². The highest BCUT2D eigenvalue weighted by atomic mass is 32.2. The van der Waals surface area contributed by atoms with Crippen molar-refractivity contribution >= 4 is 55.4 Å². The van der Waals surface area contributed by atoms with Gasteiger partial charge in [-0.3, -0.25) is 19.8 Å². The zero-order valence-corrected chi connectivity index (χ0v) is 39.5. The number of H-pyrrole nitrogens is 1. The number of sulfonamides is 1. The molecule has 358 valence electrons. The summed E-state index contributed by atoms with van der Waals surface area (Å²) in [5.74, 6) is 0.269. The van der Waals surface area contributed by atoms with Gasteiger partial charge in [0.05, 0.1) is 40.3 Å². The number of aromatic amines is 1. The molecule has 5 aliphatic heterocycles. The van der Waals surface area contributed by atoms with Gasteiger partial charge in [-0.05, 0) is 129 Å². The van der Waals surface area contributed by atoms with Crippen LogP contribution in [0.4, 0.5) is 28.4 Å². The summed E-state index contributed by atoms with van der Waals surface area (Å²) in [6.45, 7) is 9.82. The maximum Gasteiger partial charge on any atom is 0.293 e. The number of ether oxygens (including phenoxy) is 3. The molecule has 1 amide bonds. The van der Waals surface area contributed by atoms with Crippen molar-refractivity contribution in [2.24, 2.45) is 11.3 Å². The number of nitro benzene ring substituents is 1. The van der Waals surface area contributed by atoms with Gasteiger partial charge in [-0.25, -0.2) is 13.1 Å². The van der Waals surface area contributed by atoms with Crippen molar-refractivity contribution in [3.63, 3.8) is 0 Å². The molecular formula is C51H60N8O8S. The molecule has 6 aliphatic rings. The molecule has 68 heavy (non-hydrogen) atoms. The van der Waals surface area contributed by atoms with Crippen LogP contribution < -0.4 is 24.6 Å². The molecule has 2 aromatic heterocycles. The second-order valence-electron chi connectivity index (χ2n) is 20.1. The molecule has 0 radical (unpaired) electrons. The lowest BCUT2D eigenvalue weighted by molar-refractivity contribution is -0.384. The van der Waals surface area contributed by atoms with Crippen molar-refractivity contribution in [2.45, 2.75) is 100 Å². The standard InChI is InChI=1S/C51H60N8O8S/c1-32(2)38-6-3-4-7-39(38)42-8-5-19-57(42)36-27-51(28-36)16-20-56(21-17-51)35-9-11-40(43(25-35)58-45-24-34-13-18-52-48(34)54-50(45)67-47-31-66-30-46(47)58)49(60)55-68(63,64)37-10-12-41(44(26-37)59(61)62)53-29-33-14-22-65-23-15-33/h3-4,6-7,9-13,18,24-26,32-33,36,42,46-47,53H,5,8,14-17,19-23,27-31H2,1-2H3,(H,52,54)(H,55,60)/t42-,46+,47-/m0/s1. The van der Waals surface area contributed by atoms with Crippen molar-refractivity contribution < 1.29 is 32.3 Å². The topological polar surface area (TPSA) is 184 Å². The van der Waals surface area contributed by atoms with E-state index in [0.717, 1.165) is 62.5 Å². The van der Waals surface area contributed by atoms with Crippen LogP contribution in [0.1, 0.15) is 98.7 Å².